The van der Waals surface area contributed by atoms with Crippen LogP contribution in [-0.4, -0.2) is 52.7 Å². The molecule has 0 aromatic carbocycles. The summed E-state index contributed by atoms with van der Waals surface area (Å²) in [5.74, 6) is -2.23. The molecule has 1 aromatic heterocycles. The van der Waals surface area contributed by atoms with E-state index in [1.165, 1.54) is 6.26 Å². The number of fused-ring (bicyclic) bond motifs is 3. The molecule has 5 fully saturated rings. The fraction of sp³-hybridized carbons (Fsp3) is 0.778. The van der Waals surface area contributed by atoms with Gasteiger partial charge < -0.3 is 28.5 Å². The van der Waals surface area contributed by atoms with Gasteiger partial charge in [0.05, 0.1) is 29.6 Å². The zero-order valence-corrected chi connectivity index (χ0v) is 21.5. The number of ether oxygens (including phenoxy) is 4. The maximum absolute atomic E-state index is 14.3. The van der Waals surface area contributed by atoms with Crippen molar-refractivity contribution in [2.24, 2.45) is 28.1 Å². The number of furan rings is 1. The number of carbonyl (C=O) groups is 2. The third-order valence-corrected chi connectivity index (χ3v) is 10.8. The number of carbonyl (C=O) groups excluding carboxylic acids is 2. The summed E-state index contributed by atoms with van der Waals surface area (Å²) in [5, 5.41) is 12.0. The maximum Gasteiger partial charge on any atom is 0.339 e. The number of hydrogen-bond acceptors (Lipinski definition) is 8. The highest BCUT2D eigenvalue weighted by molar-refractivity contribution is 5.93. The van der Waals surface area contributed by atoms with Gasteiger partial charge in [0.15, 0.2) is 11.9 Å². The summed E-state index contributed by atoms with van der Waals surface area (Å²) >= 11 is 0. The van der Waals surface area contributed by atoms with Gasteiger partial charge in [-0.25, -0.2) is 4.79 Å². The number of rotatable bonds is 3. The first-order valence-corrected chi connectivity index (χ1v) is 12.7. The van der Waals surface area contributed by atoms with Gasteiger partial charge >= 0.3 is 5.97 Å². The Hall–Kier alpha value is -1.74. The molecule has 6 rings (SSSR count). The summed E-state index contributed by atoms with van der Waals surface area (Å²) in [6, 6.07) is 1.76. The van der Waals surface area contributed by atoms with Crippen molar-refractivity contribution >= 4 is 11.8 Å². The minimum absolute atomic E-state index is 0.00415. The van der Waals surface area contributed by atoms with Crippen molar-refractivity contribution in [3.05, 3.63) is 24.2 Å². The number of epoxide rings is 1. The van der Waals surface area contributed by atoms with Gasteiger partial charge in [-0.2, -0.15) is 0 Å². The largest absolute Gasteiger partial charge is 0.472 e. The van der Waals surface area contributed by atoms with E-state index in [1.807, 2.05) is 41.5 Å². The molecule has 1 N–H and O–H groups in total. The fourth-order valence-electron chi connectivity index (χ4n) is 9.49. The predicted octanol–water partition coefficient (Wildman–Crippen LogP) is 3.57. The Kier molecular flexibility index (Phi) is 4.44. The van der Waals surface area contributed by atoms with Crippen molar-refractivity contribution in [2.75, 3.05) is 6.61 Å². The number of ketones is 1. The monoisotopic (exact) mass is 488 g/mol. The van der Waals surface area contributed by atoms with E-state index in [-0.39, 0.29) is 18.1 Å². The minimum Gasteiger partial charge on any atom is -0.472 e. The summed E-state index contributed by atoms with van der Waals surface area (Å²) in [7, 11) is 0. The first-order valence-electron chi connectivity index (χ1n) is 12.7. The molecule has 35 heavy (non-hydrogen) atoms. The minimum atomic E-state index is -1.15. The van der Waals surface area contributed by atoms with Crippen LogP contribution in [0.25, 0.3) is 0 Å². The molecule has 10 unspecified atom stereocenters. The maximum atomic E-state index is 14.3. The van der Waals surface area contributed by atoms with Crippen molar-refractivity contribution in [3.8, 4) is 0 Å². The zero-order chi connectivity index (χ0) is 25.4. The molecule has 4 heterocycles. The summed E-state index contributed by atoms with van der Waals surface area (Å²) in [6.07, 6.45) is 1.21. The van der Waals surface area contributed by atoms with Crippen LogP contribution in [0.4, 0.5) is 0 Å². The van der Waals surface area contributed by atoms with Crippen molar-refractivity contribution in [1.82, 2.24) is 0 Å². The van der Waals surface area contributed by atoms with Crippen molar-refractivity contribution in [1.29, 1.82) is 0 Å². The molecule has 5 aliphatic rings. The van der Waals surface area contributed by atoms with Crippen molar-refractivity contribution in [2.45, 2.75) is 96.6 Å². The summed E-state index contributed by atoms with van der Waals surface area (Å²) in [4.78, 5) is 27.5. The smallest absolute Gasteiger partial charge is 0.339 e. The van der Waals surface area contributed by atoms with Crippen LogP contribution in [0.5, 0.6) is 0 Å². The Morgan fingerprint density at radius 1 is 1.11 bits per heavy atom. The molecule has 3 saturated heterocycles. The topological polar surface area (TPSA) is 108 Å². The molecule has 1 aromatic rings. The Bertz CT molecular complexity index is 1100. The van der Waals surface area contributed by atoms with Crippen LogP contribution in [0.3, 0.4) is 0 Å². The van der Waals surface area contributed by atoms with E-state index in [2.05, 4.69) is 6.92 Å². The molecule has 8 nitrogen and oxygen atoms in total. The molecule has 10 atom stereocenters. The quantitative estimate of drug-likeness (QED) is 0.508. The number of aliphatic hydroxyl groups is 1. The summed E-state index contributed by atoms with van der Waals surface area (Å²) in [6.45, 7) is 14.2. The van der Waals surface area contributed by atoms with Crippen LogP contribution in [0.15, 0.2) is 23.0 Å². The highest BCUT2D eigenvalue weighted by Crippen LogP contribution is 2.80. The third-order valence-electron chi connectivity index (χ3n) is 10.8. The average Bonchev–Trinajstić information content (AvgIpc) is 3.28. The second-order valence-electron chi connectivity index (χ2n) is 12.5. The molecular formula is C27H36O8. The van der Waals surface area contributed by atoms with E-state index in [0.29, 0.717) is 18.6 Å². The van der Waals surface area contributed by atoms with E-state index >= 15 is 0 Å². The summed E-state index contributed by atoms with van der Waals surface area (Å²) < 4.78 is 30.4. The lowest BCUT2D eigenvalue weighted by molar-refractivity contribution is -0.306. The third kappa shape index (κ3) is 2.34. The first-order chi connectivity index (χ1) is 16.2. The van der Waals surface area contributed by atoms with Gasteiger partial charge in [-0.05, 0) is 47.1 Å². The molecule has 1 spiro atoms. The fourth-order valence-corrected chi connectivity index (χ4v) is 9.49. The van der Waals surface area contributed by atoms with E-state index in [4.69, 9.17) is 23.4 Å². The number of aliphatic hydroxyl groups excluding tert-OH is 1. The standard InChI is InChI=1S/C27H36O8/c1-8-32-26(7)24(5)16(22(2,3)35-26)11-17(29)25(6)18(24)15(28)12-23(4)19(14-9-10-31-13-14)33-21(30)20-27(23,25)34-20/h9-10,13,15-16,18-20,28H,8,11-12H2,1-7H3. The Morgan fingerprint density at radius 3 is 2.46 bits per heavy atom. The average molecular weight is 489 g/mol. The van der Waals surface area contributed by atoms with Gasteiger partial charge in [0.2, 0.25) is 0 Å². The van der Waals surface area contributed by atoms with Gasteiger partial charge in [-0.3, -0.25) is 4.79 Å². The van der Waals surface area contributed by atoms with Crippen molar-refractivity contribution in [3.63, 3.8) is 0 Å². The second-order valence-corrected chi connectivity index (χ2v) is 12.5. The number of esters is 1. The normalized spacial score (nSPS) is 53.8. The molecule has 192 valence electrons. The lowest BCUT2D eigenvalue weighted by Crippen LogP contribution is -2.75. The number of hydrogen-bond donors (Lipinski definition) is 1. The van der Waals surface area contributed by atoms with Gasteiger partial charge in [0.1, 0.15) is 17.5 Å². The second kappa shape index (κ2) is 6.57. The molecule has 2 aliphatic carbocycles. The first kappa shape index (κ1) is 23.6. The number of Topliss-reactive ketones (excluding diaryl/α,β-unsaturated/α-hetero) is 1. The molecule has 2 saturated carbocycles. The molecule has 8 heteroatoms. The van der Waals surface area contributed by atoms with Crippen LogP contribution >= 0.6 is 0 Å². The highest BCUT2D eigenvalue weighted by atomic mass is 16.7. The van der Waals surface area contributed by atoms with Gasteiger partial charge in [-0.15, -0.1) is 0 Å². The van der Waals surface area contributed by atoms with Crippen LogP contribution < -0.4 is 0 Å². The zero-order valence-electron chi connectivity index (χ0n) is 21.5. The van der Waals surface area contributed by atoms with Crippen LogP contribution in [0.1, 0.15) is 73.0 Å². The lowest BCUT2D eigenvalue weighted by Gasteiger charge is -2.66. The molecule has 0 bridgehead atoms. The van der Waals surface area contributed by atoms with E-state index in [9.17, 15) is 14.7 Å². The van der Waals surface area contributed by atoms with E-state index in [0.717, 1.165) is 0 Å². The Balaban J connectivity index is 1.57. The molecule has 3 aliphatic heterocycles. The van der Waals surface area contributed by atoms with Gasteiger partial charge in [0, 0.05) is 41.3 Å². The van der Waals surface area contributed by atoms with Gasteiger partial charge in [-0.1, -0.05) is 13.8 Å². The lowest BCUT2D eigenvalue weighted by atomic mass is 9.36. The van der Waals surface area contributed by atoms with Crippen LogP contribution in [0.2, 0.25) is 0 Å². The molecule has 0 amide bonds. The highest BCUT2D eigenvalue weighted by Gasteiger charge is 2.91. The molecule has 0 radical (unpaired) electrons. The Morgan fingerprint density at radius 2 is 1.83 bits per heavy atom. The van der Waals surface area contributed by atoms with E-state index < -0.39 is 63.4 Å². The van der Waals surface area contributed by atoms with Crippen LogP contribution in [0, 0.1) is 28.1 Å². The van der Waals surface area contributed by atoms with Crippen molar-refractivity contribution < 1.29 is 38.1 Å². The number of cyclic esters (lactones) is 1. The Labute approximate surface area is 205 Å². The SMILES string of the molecule is CCOC1(C)OC(C)(C)C2CC(=O)C3(C)C(C(O)CC4(C)C(c5ccoc5)OC(=O)C5OC543)C21C. The van der Waals surface area contributed by atoms with Gasteiger partial charge in [0.25, 0.3) is 0 Å². The predicted molar refractivity (Wildman–Crippen MR) is 122 cm³/mol. The van der Waals surface area contributed by atoms with Crippen LogP contribution in [-0.2, 0) is 28.5 Å². The van der Waals surface area contributed by atoms with E-state index in [1.54, 1.807) is 12.3 Å². The molecular weight excluding hydrogens is 452 g/mol. The summed E-state index contributed by atoms with van der Waals surface area (Å²) in [5.41, 5.74) is -3.75.